The van der Waals surface area contributed by atoms with Crippen LogP contribution in [0.4, 0.5) is 5.69 Å². The number of esters is 1. The van der Waals surface area contributed by atoms with Crippen molar-refractivity contribution in [2.45, 2.75) is 0 Å². The van der Waals surface area contributed by atoms with E-state index < -0.39 is 5.41 Å². The molecule has 1 N–H and O–H groups in total. The largest absolute Gasteiger partial charge is 0.495 e. The topological polar surface area (TPSA) is 56.8 Å². The number of hydrogen-bond acceptors (Lipinski definition) is 5. The molecule has 1 aromatic carbocycles. The van der Waals surface area contributed by atoms with Gasteiger partial charge in [0, 0.05) is 11.0 Å². The van der Waals surface area contributed by atoms with Gasteiger partial charge in [-0.1, -0.05) is 15.9 Å². The highest BCUT2D eigenvalue weighted by atomic mass is 79.9. The van der Waals surface area contributed by atoms with Crippen LogP contribution in [0.25, 0.3) is 0 Å². The molecule has 0 unspecified atom stereocenters. The lowest BCUT2D eigenvalue weighted by Gasteiger charge is -2.38. The predicted octanol–water partition coefficient (Wildman–Crippen LogP) is 2.06. The number of methoxy groups -OCH3 is 2. The average Bonchev–Trinajstić information content (AvgIpc) is 2.37. The van der Waals surface area contributed by atoms with Crippen LogP contribution < -0.4 is 10.1 Å². The fourth-order valence-electron chi connectivity index (χ4n) is 1.94. The number of ether oxygens (including phenoxy) is 3. The third-order valence-electron chi connectivity index (χ3n) is 3.15. The van der Waals surface area contributed by atoms with Gasteiger partial charge >= 0.3 is 5.97 Å². The minimum atomic E-state index is -0.595. The second-order valence-electron chi connectivity index (χ2n) is 4.46. The summed E-state index contributed by atoms with van der Waals surface area (Å²) in [5, 5.41) is 3.23. The number of carbonyl (C=O) groups is 1. The van der Waals surface area contributed by atoms with Crippen LogP contribution in [0.2, 0.25) is 0 Å². The zero-order chi connectivity index (χ0) is 13.9. The molecule has 0 aromatic heterocycles. The molecule has 1 aliphatic rings. The van der Waals surface area contributed by atoms with E-state index in [-0.39, 0.29) is 5.97 Å². The van der Waals surface area contributed by atoms with Crippen molar-refractivity contribution >= 4 is 27.6 Å². The van der Waals surface area contributed by atoms with E-state index in [0.29, 0.717) is 19.8 Å². The van der Waals surface area contributed by atoms with Crippen molar-refractivity contribution < 1.29 is 19.0 Å². The van der Waals surface area contributed by atoms with Crippen LogP contribution in [0.3, 0.4) is 0 Å². The predicted molar refractivity (Wildman–Crippen MR) is 74.5 cm³/mol. The third-order valence-corrected chi connectivity index (χ3v) is 3.65. The van der Waals surface area contributed by atoms with Crippen molar-refractivity contribution in [3.63, 3.8) is 0 Å². The normalized spacial score (nSPS) is 16.4. The molecule has 0 radical (unpaired) electrons. The van der Waals surface area contributed by atoms with Gasteiger partial charge in [0.05, 0.1) is 33.1 Å². The first kappa shape index (κ1) is 14.1. The number of benzene rings is 1. The van der Waals surface area contributed by atoms with E-state index in [0.717, 1.165) is 15.9 Å². The Morgan fingerprint density at radius 3 is 2.74 bits per heavy atom. The maximum atomic E-state index is 11.8. The lowest BCUT2D eigenvalue weighted by molar-refractivity contribution is -0.180. The first-order chi connectivity index (χ1) is 9.11. The lowest BCUT2D eigenvalue weighted by Crippen LogP contribution is -2.54. The Kier molecular flexibility index (Phi) is 4.31. The minimum Gasteiger partial charge on any atom is -0.495 e. The smallest absolute Gasteiger partial charge is 0.318 e. The number of anilines is 1. The molecule has 1 aromatic rings. The summed E-state index contributed by atoms with van der Waals surface area (Å²) in [6.45, 7) is 1.21. The molecule has 1 fully saturated rings. The van der Waals surface area contributed by atoms with Gasteiger partial charge in [0.25, 0.3) is 0 Å². The SMILES string of the molecule is COC(=O)C1(CNc2cc(Br)ccc2OC)COC1. The van der Waals surface area contributed by atoms with Crippen LogP contribution in [-0.4, -0.2) is 39.9 Å². The van der Waals surface area contributed by atoms with Crippen LogP contribution in [-0.2, 0) is 14.3 Å². The fraction of sp³-hybridized carbons (Fsp3) is 0.462. The quantitative estimate of drug-likeness (QED) is 0.838. The summed E-state index contributed by atoms with van der Waals surface area (Å²) in [7, 11) is 3.00. The van der Waals surface area contributed by atoms with Gasteiger partial charge in [0.15, 0.2) is 0 Å². The van der Waals surface area contributed by atoms with Gasteiger partial charge in [-0.15, -0.1) is 0 Å². The van der Waals surface area contributed by atoms with Crippen molar-refractivity contribution in [2.24, 2.45) is 5.41 Å². The number of carbonyl (C=O) groups excluding carboxylic acids is 1. The molecule has 0 bridgehead atoms. The van der Waals surface area contributed by atoms with Gasteiger partial charge in [-0.3, -0.25) is 4.79 Å². The summed E-state index contributed by atoms with van der Waals surface area (Å²) in [5.41, 5.74) is 0.231. The summed E-state index contributed by atoms with van der Waals surface area (Å²) in [6.07, 6.45) is 0. The van der Waals surface area contributed by atoms with E-state index in [4.69, 9.17) is 14.2 Å². The summed E-state index contributed by atoms with van der Waals surface area (Å²) in [4.78, 5) is 11.8. The van der Waals surface area contributed by atoms with Gasteiger partial charge in [-0.05, 0) is 18.2 Å². The van der Waals surface area contributed by atoms with Gasteiger partial charge < -0.3 is 19.5 Å². The van der Waals surface area contributed by atoms with Gasteiger partial charge in [0.2, 0.25) is 0 Å². The Balaban J connectivity index is 2.09. The third kappa shape index (κ3) is 2.84. The first-order valence-electron chi connectivity index (χ1n) is 5.85. The van der Waals surface area contributed by atoms with Crippen molar-refractivity contribution in [3.8, 4) is 5.75 Å². The molecule has 6 heteroatoms. The summed E-state index contributed by atoms with van der Waals surface area (Å²) < 4.78 is 16.2. The standard InChI is InChI=1S/C13H16BrNO4/c1-17-11-4-3-9(14)5-10(11)15-6-13(7-19-8-13)12(16)18-2/h3-5,15H,6-8H2,1-2H3. The van der Waals surface area contributed by atoms with E-state index in [9.17, 15) is 4.79 Å². The second kappa shape index (κ2) is 5.79. The average molecular weight is 330 g/mol. The zero-order valence-corrected chi connectivity index (χ0v) is 12.5. The number of rotatable bonds is 5. The Morgan fingerprint density at radius 1 is 1.47 bits per heavy atom. The van der Waals surface area contributed by atoms with Crippen molar-refractivity contribution in [1.82, 2.24) is 0 Å². The van der Waals surface area contributed by atoms with Gasteiger partial charge in [-0.25, -0.2) is 0 Å². The van der Waals surface area contributed by atoms with Crippen LogP contribution in [0.15, 0.2) is 22.7 Å². The molecule has 19 heavy (non-hydrogen) atoms. The summed E-state index contributed by atoms with van der Waals surface area (Å²) in [6, 6.07) is 5.66. The highest BCUT2D eigenvalue weighted by molar-refractivity contribution is 9.10. The van der Waals surface area contributed by atoms with Crippen LogP contribution in [0.5, 0.6) is 5.75 Å². The maximum Gasteiger partial charge on any atom is 0.318 e. The molecule has 0 atom stereocenters. The zero-order valence-electron chi connectivity index (χ0n) is 10.9. The monoisotopic (exact) mass is 329 g/mol. The van der Waals surface area contributed by atoms with Crippen LogP contribution in [0.1, 0.15) is 0 Å². The molecule has 2 rings (SSSR count). The second-order valence-corrected chi connectivity index (χ2v) is 5.38. The molecule has 1 heterocycles. The molecule has 104 valence electrons. The van der Waals surface area contributed by atoms with Gasteiger partial charge in [-0.2, -0.15) is 0 Å². The number of nitrogens with one attached hydrogen (secondary N) is 1. The molecule has 0 amide bonds. The van der Waals surface area contributed by atoms with Gasteiger partial charge in [0.1, 0.15) is 11.2 Å². The van der Waals surface area contributed by atoms with Crippen LogP contribution >= 0.6 is 15.9 Å². The fourth-order valence-corrected chi connectivity index (χ4v) is 2.30. The van der Waals surface area contributed by atoms with E-state index in [2.05, 4.69) is 21.2 Å². The Hall–Kier alpha value is -1.27. The van der Waals surface area contributed by atoms with Crippen LogP contribution in [0, 0.1) is 5.41 Å². The number of hydrogen-bond donors (Lipinski definition) is 1. The van der Waals surface area contributed by atoms with E-state index in [1.54, 1.807) is 7.11 Å². The van der Waals surface area contributed by atoms with Crippen molar-refractivity contribution in [2.75, 3.05) is 39.3 Å². The molecule has 5 nitrogen and oxygen atoms in total. The highest BCUT2D eigenvalue weighted by Gasteiger charge is 2.47. The highest BCUT2D eigenvalue weighted by Crippen LogP contribution is 2.32. The molecule has 0 spiro atoms. The lowest BCUT2D eigenvalue weighted by atomic mass is 9.86. The first-order valence-corrected chi connectivity index (χ1v) is 6.64. The van der Waals surface area contributed by atoms with E-state index in [1.165, 1.54) is 7.11 Å². The van der Waals surface area contributed by atoms with Crippen molar-refractivity contribution in [1.29, 1.82) is 0 Å². The molecule has 1 aliphatic heterocycles. The Morgan fingerprint density at radius 2 is 2.21 bits per heavy atom. The Labute approximate surface area is 120 Å². The molecule has 1 saturated heterocycles. The Bertz CT molecular complexity index is 474. The van der Waals surface area contributed by atoms with E-state index in [1.807, 2.05) is 18.2 Å². The molecule has 0 saturated carbocycles. The summed E-state index contributed by atoms with van der Waals surface area (Å²) in [5.74, 6) is 0.476. The molecule has 0 aliphatic carbocycles. The minimum absolute atomic E-state index is 0.250. The molecular weight excluding hydrogens is 314 g/mol. The van der Waals surface area contributed by atoms with Crippen molar-refractivity contribution in [3.05, 3.63) is 22.7 Å². The maximum absolute atomic E-state index is 11.8. The molecular formula is C13H16BrNO4. The van der Waals surface area contributed by atoms with E-state index >= 15 is 0 Å². The number of halogens is 1. The summed E-state index contributed by atoms with van der Waals surface area (Å²) >= 11 is 3.41.